The SMILES string of the molecule is NC(=O)c1ccccc1NS(=O)(=O)c1cccc(O)c1. The topological polar surface area (TPSA) is 109 Å². The lowest BCUT2D eigenvalue weighted by molar-refractivity contribution is 0.100. The minimum Gasteiger partial charge on any atom is -0.508 e. The summed E-state index contributed by atoms with van der Waals surface area (Å²) in [6, 6.07) is 11.2. The molecule has 0 unspecified atom stereocenters. The number of primary amides is 1. The standard InChI is InChI=1S/C13H12N2O4S/c14-13(17)11-6-1-2-7-12(11)15-20(18,19)10-5-3-4-9(16)8-10/h1-8,15-16H,(H2,14,17). The van der Waals surface area contributed by atoms with Gasteiger partial charge < -0.3 is 10.8 Å². The van der Waals surface area contributed by atoms with Crippen LogP contribution in [0.25, 0.3) is 0 Å². The number of aromatic hydroxyl groups is 1. The Balaban J connectivity index is 2.41. The summed E-state index contributed by atoms with van der Waals surface area (Å²) in [5.74, 6) is -0.907. The van der Waals surface area contributed by atoms with Crippen LogP contribution in [-0.2, 0) is 10.0 Å². The maximum absolute atomic E-state index is 12.2. The highest BCUT2D eigenvalue weighted by Crippen LogP contribution is 2.21. The second-order valence-corrected chi connectivity index (χ2v) is 5.70. The van der Waals surface area contributed by atoms with Gasteiger partial charge in [0, 0.05) is 6.07 Å². The number of phenols is 1. The lowest BCUT2D eigenvalue weighted by atomic mass is 10.2. The van der Waals surface area contributed by atoms with Gasteiger partial charge in [-0.15, -0.1) is 0 Å². The molecule has 0 aromatic heterocycles. The van der Waals surface area contributed by atoms with E-state index in [0.29, 0.717) is 0 Å². The molecule has 1 amide bonds. The second-order valence-electron chi connectivity index (χ2n) is 4.01. The van der Waals surface area contributed by atoms with Crippen LogP contribution >= 0.6 is 0 Å². The fourth-order valence-electron chi connectivity index (χ4n) is 1.64. The smallest absolute Gasteiger partial charge is 0.262 e. The molecular weight excluding hydrogens is 280 g/mol. The van der Waals surface area contributed by atoms with Crippen molar-refractivity contribution < 1.29 is 18.3 Å². The lowest BCUT2D eigenvalue weighted by Gasteiger charge is -2.10. The summed E-state index contributed by atoms with van der Waals surface area (Å²) in [6.45, 7) is 0. The summed E-state index contributed by atoms with van der Waals surface area (Å²) >= 11 is 0. The molecule has 0 atom stereocenters. The van der Waals surface area contributed by atoms with Gasteiger partial charge in [0.15, 0.2) is 0 Å². The summed E-state index contributed by atoms with van der Waals surface area (Å²) in [5.41, 5.74) is 5.33. The van der Waals surface area contributed by atoms with E-state index < -0.39 is 15.9 Å². The lowest BCUT2D eigenvalue weighted by Crippen LogP contribution is -2.18. The first-order chi connectivity index (χ1) is 9.40. The van der Waals surface area contributed by atoms with Crippen molar-refractivity contribution in [1.29, 1.82) is 0 Å². The van der Waals surface area contributed by atoms with Crippen LogP contribution in [0.5, 0.6) is 5.75 Å². The Labute approximate surface area is 115 Å². The summed E-state index contributed by atoms with van der Waals surface area (Å²) in [5, 5.41) is 9.32. The molecule has 7 heteroatoms. The van der Waals surface area contributed by atoms with Gasteiger partial charge in [-0.3, -0.25) is 9.52 Å². The number of sulfonamides is 1. The molecule has 0 saturated carbocycles. The Morgan fingerprint density at radius 3 is 2.45 bits per heavy atom. The number of phenolic OH excluding ortho intramolecular Hbond substituents is 1. The van der Waals surface area contributed by atoms with Gasteiger partial charge in [-0.1, -0.05) is 18.2 Å². The van der Waals surface area contributed by atoms with E-state index in [2.05, 4.69) is 4.72 Å². The van der Waals surface area contributed by atoms with Gasteiger partial charge in [0.2, 0.25) is 0 Å². The van der Waals surface area contributed by atoms with Crippen LogP contribution in [-0.4, -0.2) is 19.4 Å². The van der Waals surface area contributed by atoms with E-state index in [0.717, 1.165) is 6.07 Å². The van der Waals surface area contributed by atoms with Crippen LogP contribution < -0.4 is 10.5 Å². The molecule has 4 N–H and O–H groups in total. The van der Waals surface area contributed by atoms with E-state index in [1.165, 1.54) is 30.3 Å². The zero-order valence-corrected chi connectivity index (χ0v) is 11.1. The summed E-state index contributed by atoms with van der Waals surface area (Å²) in [6.07, 6.45) is 0. The Morgan fingerprint density at radius 1 is 1.10 bits per heavy atom. The number of para-hydroxylation sites is 1. The van der Waals surface area contributed by atoms with Crippen molar-refractivity contribution in [2.45, 2.75) is 4.90 Å². The average Bonchev–Trinajstić information content (AvgIpc) is 2.38. The molecule has 2 aromatic carbocycles. The van der Waals surface area contributed by atoms with Gasteiger partial charge in [-0.05, 0) is 24.3 Å². The Morgan fingerprint density at radius 2 is 1.80 bits per heavy atom. The van der Waals surface area contributed by atoms with Crippen LogP contribution in [0.1, 0.15) is 10.4 Å². The first-order valence-corrected chi connectivity index (χ1v) is 7.09. The van der Waals surface area contributed by atoms with E-state index in [4.69, 9.17) is 5.73 Å². The Kier molecular flexibility index (Phi) is 3.62. The van der Waals surface area contributed by atoms with Gasteiger partial charge in [0.25, 0.3) is 15.9 Å². The van der Waals surface area contributed by atoms with Gasteiger partial charge in [-0.25, -0.2) is 8.42 Å². The molecule has 0 spiro atoms. The number of anilines is 1. The average molecular weight is 292 g/mol. The number of amides is 1. The largest absolute Gasteiger partial charge is 0.508 e. The third-order valence-corrected chi connectivity index (χ3v) is 3.93. The number of carbonyl (C=O) groups excluding carboxylic acids is 1. The van der Waals surface area contributed by atoms with Crippen LogP contribution in [0.3, 0.4) is 0 Å². The summed E-state index contributed by atoms with van der Waals surface area (Å²) in [4.78, 5) is 11.1. The molecule has 0 saturated heterocycles. The number of hydrogen-bond acceptors (Lipinski definition) is 4. The van der Waals surface area contributed by atoms with Crippen molar-refractivity contribution in [3.63, 3.8) is 0 Å². The van der Waals surface area contributed by atoms with Gasteiger partial charge in [0.1, 0.15) is 5.75 Å². The number of carbonyl (C=O) groups is 1. The summed E-state index contributed by atoms with van der Waals surface area (Å²) < 4.78 is 26.6. The predicted molar refractivity (Wildman–Crippen MR) is 73.9 cm³/mol. The fourth-order valence-corrected chi connectivity index (χ4v) is 2.76. The monoisotopic (exact) mass is 292 g/mol. The first kappa shape index (κ1) is 13.9. The molecule has 20 heavy (non-hydrogen) atoms. The molecule has 0 heterocycles. The third-order valence-electron chi connectivity index (χ3n) is 2.56. The fraction of sp³-hybridized carbons (Fsp3) is 0. The minimum atomic E-state index is -3.91. The van der Waals surface area contributed by atoms with E-state index in [9.17, 15) is 18.3 Å². The summed E-state index contributed by atoms with van der Waals surface area (Å²) in [7, 11) is -3.91. The van der Waals surface area contributed by atoms with Crippen molar-refractivity contribution >= 4 is 21.6 Å². The molecule has 0 aliphatic rings. The molecule has 6 nitrogen and oxygen atoms in total. The quantitative estimate of drug-likeness (QED) is 0.788. The van der Waals surface area contributed by atoms with Crippen LogP contribution in [0.15, 0.2) is 53.4 Å². The molecule has 0 aliphatic heterocycles. The van der Waals surface area contributed by atoms with Crippen molar-refractivity contribution in [1.82, 2.24) is 0 Å². The zero-order valence-electron chi connectivity index (χ0n) is 10.3. The molecule has 2 rings (SSSR count). The van der Waals surface area contributed by atoms with E-state index in [1.54, 1.807) is 12.1 Å². The number of rotatable bonds is 4. The molecule has 2 aromatic rings. The van der Waals surface area contributed by atoms with Crippen molar-refractivity contribution in [2.24, 2.45) is 5.73 Å². The minimum absolute atomic E-state index is 0.0660. The Hall–Kier alpha value is -2.54. The van der Waals surface area contributed by atoms with Gasteiger partial charge in [0.05, 0.1) is 16.1 Å². The highest BCUT2D eigenvalue weighted by Gasteiger charge is 2.17. The van der Waals surface area contributed by atoms with Gasteiger partial charge >= 0.3 is 0 Å². The number of hydrogen-bond donors (Lipinski definition) is 3. The molecule has 0 radical (unpaired) electrons. The molecule has 104 valence electrons. The first-order valence-electron chi connectivity index (χ1n) is 5.61. The van der Waals surface area contributed by atoms with E-state index in [-0.39, 0.29) is 21.9 Å². The normalized spacial score (nSPS) is 11.0. The third kappa shape index (κ3) is 2.89. The van der Waals surface area contributed by atoms with Crippen molar-refractivity contribution in [2.75, 3.05) is 4.72 Å². The van der Waals surface area contributed by atoms with Gasteiger partial charge in [-0.2, -0.15) is 0 Å². The van der Waals surface area contributed by atoms with E-state index >= 15 is 0 Å². The molecule has 0 bridgehead atoms. The van der Waals surface area contributed by atoms with E-state index in [1.807, 2.05) is 0 Å². The van der Waals surface area contributed by atoms with Crippen molar-refractivity contribution in [3.05, 3.63) is 54.1 Å². The molecule has 0 fully saturated rings. The molecule has 0 aliphatic carbocycles. The number of benzene rings is 2. The maximum atomic E-state index is 12.2. The van der Waals surface area contributed by atoms with Crippen LogP contribution in [0.2, 0.25) is 0 Å². The number of nitrogens with one attached hydrogen (secondary N) is 1. The van der Waals surface area contributed by atoms with Crippen molar-refractivity contribution in [3.8, 4) is 5.75 Å². The predicted octanol–water partition coefficient (Wildman–Crippen LogP) is 1.29. The van der Waals surface area contributed by atoms with Crippen LogP contribution in [0.4, 0.5) is 5.69 Å². The maximum Gasteiger partial charge on any atom is 0.262 e. The highest BCUT2D eigenvalue weighted by atomic mass is 32.2. The number of nitrogens with two attached hydrogens (primary N) is 1. The van der Waals surface area contributed by atoms with Crippen LogP contribution in [0, 0.1) is 0 Å². The zero-order chi connectivity index (χ0) is 14.8. The molecular formula is C13H12N2O4S. The second kappa shape index (κ2) is 5.22. The highest BCUT2D eigenvalue weighted by molar-refractivity contribution is 7.92. The Bertz CT molecular complexity index is 756.